The Kier molecular flexibility index (Phi) is 3.13. The largest absolute Gasteiger partial charge is 0.393 e. The van der Waals surface area contributed by atoms with Crippen molar-refractivity contribution in [2.45, 2.75) is 19.4 Å². The number of fused-ring (bicyclic) bond motifs is 1. The van der Waals surface area contributed by atoms with E-state index >= 15 is 0 Å². The van der Waals surface area contributed by atoms with E-state index in [9.17, 15) is 18.4 Å². The molecule has 1 heterocycles. The summed E-state index contributed by atoms with van der Waals surface area (Å²) in [5.74, 6) is -3.75. The molecule has 1 atom stereocenters. The number of carbonyl (C=O) groups excluding carboxylic acids is 2. The summed E-state index contributed by atoms with van der Waals surface area (Å²) in [6.07, 6.45) is -0.525. The second-order valence-corrected chi connectivity index (χ2v) is 4.18. The van der Waals surface area contributed by atoms with Crippen LogP contribution >= 0.6 is 0 Å². The summed E-state index contributed by atoms with van der Waals surface area (Å²) in [6, 6.07) is 1.69. The molecule has 0 spiro atoms. The van der Waals surface area contributed by atoms with E-state index in [1.54, 1.807) is 0 Å². The van der Waals surface area contributed by atoms with E-state index in [0.717, 1.165) is 17.0 Å². The molecule has 2 rings (SSSR count). The van der Waals surface area contributed by atoms with Gasteiger partial charge >= 0.3 is 0 Å². The highest BCUT2D eigenvalue weighted by Gasteiger charge is 2.40. The summed E-state index contributed by atoms with van der Waals surface area (Å²) in [6.45, 7) is 1.47. The van der Waals surface area contributed by atoms with Crippen LogP contribution in [0.15, 0.2) is 12.1 Å². The molecule has 1 amide bonds. The first-order valence-corrected chi connectivity index (χ1v) is 5.45. The van der Waals surface area contributed by atoms with Crippen molar-refractivity contribution in [1.29, 1.82) is 0 Å². The molecule has 0 aliphatic carbocycles. The number of aliphatic hydroxyl groups excluding tert-OH is 1. The van der Waals surface area contributed by atoms with E-state index in [2.05, 4.69) is 0 Å². The molecule has 6 heteroatoms. The van der Waals surface area contributed by atoms with Gasteiger partial charge in [0.25, 0.3) is 11.7 Å². The van der Waals surface area contributed by atoms with E-state index in [1.165, 1.54) is 6.92 Å². The van der Waals surface area contributed by atoms with Gasteiger partial charge in [0.1, 0.15) is 11.6 Å². The van der Waals surface area contributed by atoms with E-state index < -0.39 is 35.0 Å². The number of benzene rings is 1. The van der Waals surface area contributed by atoms with Crippen LogP contribution < -0.4 is 4.90 Å². The molecule has 0 fully saturated rings. The smallest absolute Gasteiger partial charge is 0.299 e. The van der Waals surface area contributed by atoms with Crippen molar-refractivity contribution in [2.75, 3.05) is 11.4 Å². The van der Waals surface area contributed by atoms with Crippen molar-refractivity contribution in [3.63, 3.8) is 0 Å². The summed E-state index contributed by atoms with van der Waals surface area (Å²) in [4.78, 5) is 24.1. The van der Waals surface area contributed by atoms with Crippen LogP contribution in [0.1, 0.15) is 23.7 Å². The average Bonchev–Trinajstić information content (AvgIpc) is 2.56. The Labute approximate surface area is 102 Å². The molecular weight excluding hydrogens is 244 g/mol. The van der Waals surface area contributed by atoms with Gasteiger partial charge in [0.15, 0.2) is 0 Å². The van der Waals surface area contributed by atoms with Crippen molar-refractivity contribution in [3.05, 3.63) is 29.3 Å². The summed E-state index contributed by atoms with van der Waals surface area (Å²) in [5, 5.41) is 9.15. The van der Waals surface area contributed by atoms with Crippen molar-refractivity contribution < 1.29 is 23.5 Å². The number of rotatable bonds is 3. The zero-order valence-electron chi connectivity index (χ0n) is 9.61. The molecule has 0 bridgehead atoms. The maximum Gasteiger partial charge on any atom is 0.299 e. The van der Waals surface area contributed by atoms with Gasteiger partial charge in [0.05, 0.1) is 17.4 Å². The van der Waals surface area contributed by atoms with Crippen molar-refractivity contribution in [3.8, 4) is 0 Å². The van der Waals surface area contributed by atoms with Crippen LogP contribution in [-0.2, 0) is 4.79 Å². The molecule has 0 saturated heterocycles. The predicted molar refractivity (Wildman–Crippen MR) is 59.3 cm³/mol. The van der Waals surface area contributed by atoms with Crippen LogP contribution in [0.25, 0.3) is 0 Å². The Balaban J connectivity index is 2.45. The van der Waals surface area contributed by atoms with Crippen molar-refractivity contribution >= 4 is 17.4 Å². The maximum absolute atomic E-state index is 13.6. The van der Waals surface area contributed by atoms with Gasteiger partial charge < -0.3 is 10.0 Å². The lowest BCUT2D eigenvalue weighted by Gasteiger charge is -2.17. The Morgan fingerprint density at radius 1 is 1.28 bits per heavy atom. The molecule has 1 aromatic rings. The molecule has 1 aliphatic rings. The fourth-order valence-corrected chi connectivity index (χ4v) is 1.88. The number of anilines is 1. The Bertz CT molecular complexity index is 528. The lowest BCUT2D eigenvalue weighted by atomic mass is 10.1. The van der Waals surface area contributed by atoms with Gasteiger partial charge in [0.2, 0.25) is 0 Å². The van der Waals surface area contributed by atoms with Crippen LogP contribution in [0.5, 0.6) is 0 Å². The third kappa shape index (κ3) is 1.88. The van der Waals surface area contributed by atoms with Gasteiger partial charge in [-0.05, 0) is 25.5 Å². The molecule has 96 valence electrons. The summed E-state index contributed by atoms with van der Waals surface area (Å²) < 4.78 is 27.1. The van der Waals surface area contributed by atoms with Crippen LogP contribution in [0.2, 0.25) is 0 Å². The molecule has 1 unspecified atom stereocenters. The Morgan fingerprint density at radius 2 is 1.89 bits per heavy atom. The van der Waals surface area contributed by atoms with Gasteiger partial charge in [-0.25, -0.2) is 8.78 Å². The SMILES string of the molecule is CC(O)CCN1C(=O)C(=O)c2c(F)ccc(F)c21. The zero-order chi connectivity index (χ0) is 13.4. The molecule has 18 heavy (non-hydrogen) atoms. The number of aliphatic hydroxyl groups is 1. The maximum atomic E-state index is 13.6. The summed E-state index contributed by atoms with van der Waals surface area (Å²) in [5.41, 5.74) is -0.851. The topological polar surface area (TPSA) is 57.6 Å². The van der Waals surface area contributed by atoms with E-state index in [4.69, 9.17) is 5.11 Å². The number of hydrogen-bond acceptors (Lipinski definition) is 3. The molecule has 1 aliphatic heterocycles. The first kappa shape index (κ1) is 12.6. The Hall–Kier alpha value is -1.82. The highest BCUT2D eigenvalue weighted by molar-refractivity contribution is 6.52. The normalized spacial score (nSPS) is 16.1. The van der Waals surface area contributed by atoms with Crippen LogP contribution in [0, 0.1) is 11.6 Å². The van der Waals surface area contributed by atoms with Gasteiger partial charge in [-0.15, -0.1) is 0 Å². The highest BCUT2D eigenvalue weighted by Crippen LogP contribution is 2.33. The number of Topliss-reactive ketones (excluding diaryl/α,β-unsaturated/α-hetero) is 1. The number of amides is 1. The molecule has 0 aromatic heterocycles. The van der Waals surface area contributed by atoms with Gasteiger partial charge in [-0.1, -0.05) is 0 Å². The van der Waals surface area contributed by atoms with Crippen LogP contribution in [-0.4, -0.2) is 29.4 Å². The fraction of sp³-hybridized carbons (Fsp3) is 0.333. The van der Waals surface area contributed by atoms with E-state index in [1.807, 2.05) is 0 Å². The quantitative estimate of drug-likeness (QED) is 0.827. The summed E-state index contributed by atoms with van der Waals surface area (Å²) in [7, 11) is 0. The second kappa shape index (κ2) is 4.45. The predicted octanol–water partition coefficient (Wildman–Crippen LogP) is 1.27. The molecule has 0 radical (unpaired) electrons. The molecule has 1 N–H and O–H groups in total. The average molecular weight is 255 g/mol. The lowest BCUT2D eigenvalue weighted by Crippen LogP contribution is -2.32. The van der Waals surface area contributed by atoms with Gasteiger partial charge in [-0.2, -0.15) is 0 Å². The van der Waals surface area contributed by atoms with Crippen molar-refractivity contribution in [2.24, 2.45) is 0 Å². The number of carbonyl (C=O) groups is 2. The lowest BCUT2D eigenvalue weighted by molar-refractivity contribution is -0.114. The molecule has 0 saturated carbocycles. The fourth-order valence-electron chi connectivity index (χ4n) is 1.88. The standard InChI is InChI=1S/C12H11F2NO3/c1-6(16)4-5-15-10-8(14)3-2-7(13)9(10)11(17)12(15)18/h2-3,6,16H,4-5H2,1H3. The van der Waals surface area contributed by atoms with Crippen LogP contribution in [0.4, 0.5) is 14.5 Å². The van der Waals surface area contributed by atoms with E-state index in [-0.39, 0.29) is 18.7 Å². The van der Waals surface area contributed by atoms with E-state index in [0.29, 0.717) is 0 Å². The van der Waals surface area contributed by atoms with Gasteiger partial charge in [-0.3, -0.25) is 9.59 Å². The minimum Gasteiger partial charge on any atom is -0.393 e. The number of ketones is 1. The molecule has 1 aromatic carbocycles. The number of halogens is 2. The van der Waals surface area contributed by atoms with Crippen molar-refractivity contribution in [1.82, 2.24) is 0 Å². The molecular formula is C12H11F2NO3. The first-order valence-electron chi connectivity index (χ1n) is 5.45. The third-order valence-corrected chi connectivity index (χ3v) is 2.78. The third-order valence-electron chi connectivity index (χ3n) is 2.78. The van der Waals surface area contributed by atoms with Gasteiger partial charge in [0, 0.05) is 6.54 Å². The Morgan fingerprint density at radius 3 is 2.50 bits per heavy atom. The minimum atomic E-state index is -1.05. The second-order valence-electron chi connectivity index (χ2n) is 4.18. The minimum absolute atomic E-state index is 0.0321. The summed E-state index contributed by atoms with van der Waals surface area (Å²) >= 11 is 0. The number of hydrogen-bond donors (Lipinski definition) is 1. The number of nitrogens with zero attached hydrogens (tertiary/aromatic N) is 1. The zero-order valence-corrected chi connectivity index (χ0v) is 9.61. The first-order chi connectivity index (χ1) is 8.43. The highest BCUT2D eigenvalue weighted by atomic mass is 19.1. The molecule has 4 nitrogen and oxygen atoms in total. The van der Waals surface area contributed by atoms with Crippen LogP contribution in [0.3, 0.4) is 0 Å². The monoisotopic (exact) mass is 255 g/mol.